The number of carbonyl (C=O) groups excluding carboxylic acids is 2. The topological polar surface area (TPSA) is 176 Å². The van der Waals surface area contributed by atoms with Crippen molar-refractivity contribution in [3.63, 3.8) is 0 Å². The molecule has 0 spiro atoms. The van der Waals surface area contributed by atoms with Gasteiger partial charge in [-0.25, -0.2) is 9.78 Å². The largest absolute Gasteiger partial charge is 0.490 e. The molecule has 0 aliphatic carbocycles. The molecule has 0 unspecified atom stereocenters. The van der Waals surface area contributed by atoms with E-state index in [0.717, 1.165) is 11.3 Å². The van der Waals surface area contributed by atoms with Crippen molar-refractivity contribution in [1.29, 1.82) is 0 Å². The predicted octanol–water partition coefficient (Wildman–Crippen LogP) is -1.02. The van der Waals surface area contributed by atoms with Gasteiger partial charge in [0.15, 0.2) is 17.9 Å². The molecule has 2 aliphatic heterocycles. The molecule has 13 nitrogen and oxygen atoms in total. The number of anilines is 1. The first-order chi connectivity index (χ1) is 15.7. The number of aryl methyl sites for hydroxylation is 1. The molecule has 33 heavy (non-hydrogen) atoms. The highest BCUT2D eigenvalue weighted by Crippen LogP contribution is 2.40. The van der Waals surface area contributed by atoms with Crippen LogP contribution >= 0.6 is 23.1 Å². The molecule has 4 heterocycles. The molecule has 2 amide bonds. The highest BCUT2D eigenvalue weighted by Gasteiger charge is 2.54. The number of methoxy groups -OCH3 is 1. The summed E-state index contributed by atoms with van der Waals surface area (Å²) < 4.78 is 8.72. The molecule has 2 aromatic heterocycles. The number of aliphatic carboxylic acids is 1. The third-order valence-electron chi connectivity index (χ3n) is 5.20. The van der Waals surface area contributed by atoms with Crippen LogP contribution in [0.25, 0.3) is 0 Å². The number of thiazole rings is 1. The van der Waals surface area contributed by atoms with E-state index in [1.54, 1.807) is 28.8 Å². The summed E-state index contributed by atoms with van der Waals surface area (Å²) in [5.41, 5.74) is 5.68. The molecule has 2 atom stereocenters. The molecule has 0 saturated carbocycles. The van der Waals surface area contributed by atoms with Gasteiger partial charge in [-0.3, -0.25) is 14.5 Å². The van der Waals surface area contributed by atoms with Crippen molar-refractivity contribution in [1.82, 2.24) is 19.9 Å². The molecular weight excluding hydrogens is 474 g/mol. The number of hydrogen-bond donors (Lipinski definition) is 4. The lowest BCUT2D eigenvalue weighted by Crippen LogP contribution is -2.71. The molecule has 2 aliphatic rings. The van der Waals surface area contributed by atoms with Crippen LogP contribution in [0.2, 0.25) is 0 Å². The van der Waals surface area contributed by atoms with Crippen LogP contribution in [-0.2, 0) is 28.0 Å². The van der Waals surface area contributed by atoms with Gasteiger partial charge in [0.25, 0.3) is 11.8 Å². The summed E-state index contributed by atoms with van der Waals surface area (Å²) in [4.78, 5) is 42.6. The maximum atomic E-state index is 12.8. The van der Waals surface area contributed by atoms with Crippen LogP contribution in [0.4, 0.5) is 5.13 Å². The number of hydrogen-bond acceptors (Lipinski definition) is 10. The Hall–Kier alpha value is -3.59. The third-order valence-corrected chi connectivity index (χ3v) is 7.21. The number of nitrogens with one attached hydrogen (secondary N) is 1. The van der Waals surface area contributed by atoms with Crippen LogP contribution < -0.4 is 20.5 Å². The van der Waals surface area contributed by atoms with E-state index >= 15 is 0 Å². The average molecular weight is 495 g/mol. The van der Waals surface area contributed by atoms with Crippen molar-refractivity contribution < 1.29 is 34.1 Å². The Balaban J connectivity index is 1.53. The zero-order valence-electron chi connectivity index (χ0n) is 17.5. The Kier molecular flexibility index (Phi) is 5.99. The van der Waals surface area contributed by atoms with Crippen LogP contribution in [0, 0.1) is 0 Å². The molecule has 1 fully saturated rings. The van der Waals surface area contributed by atoms with Gasteiger partial charge in [0, 0.05) is 11.1 Å². The molecule has 4 rings (SSSR count). The molecule has 0 aromatic carbocycles. The highest BCUT2D eigenvalue weighted by atomic mass is 32.2. The summed E-state index contributed by atoms with van der Waals surface area (Å²) in [7, 11) is 3.32. The van der Waals surface area contributed by atoms with Crippen molar-refractivity contribution in [2.24, 2.45) is 12.2 Å². The molecule has 0 radical (unpaired) electrons. The fourth-order valence-electron chi connectivity index (χ4n) is 3.61. The van der Waals surface area contributed by atoms with Gasteiger partial charge in [0.1, 0.15) is 35.5 Å². The summed E-state index contributed by atoms with van der Waals surface area (Å²) in [6, 6.07) is -0.978. The molecular formula is C18H20N7O6S2+. The number of oxime groups is 1. The summed E-state index contributed by atoms with van der Waals surface area (Å²) in [5.74, 6) is -1.67. The lowest BCUT2D eigenvalue weighted by Gasteiger charge is -2.49. The Labute approximate surface area is 195 Å². The van der Waals surface area contributed by atoms with Crippen LogP contribution in [0.3, 0.4) is 0 Å². The van der Waals surface area contributed by atoms with Gasteiger partial charge in [-0.05, 0) is 5.57 Å². The molecule has 1 saturated heterocycles. The van der Waals surface area contributed by atoms with Crippen molar-refractivity contribution in [2.75, 3.05) is 18.6 Å². The van der Waals surface area contributed by atoms with Crippen molar-refractivity contribution in [2.45, 2.75) is 18.0 Å². The molecule has 15 heteroatoms. The maximum absolute atomic E-state index is 12.8. The zero-order valence-corrected chi connectivity index (χ0v) is 19.1. The van der Waals surface area contributed by atoms with Crippen molar-refractivity contribution >= 4 is 51.7 Å². The summed E-state index contributed by atoms with van der Waals surface area (Å²) in [6.07, 6.45) is 3.47. The zero-order chi connectivity index (χ0) is 23.9. The van der Waals surface area contributed by atoms with Crippen LogP contribution in [0.1, 0.15) is 5.69 Å². The Morgan fingerprint density at radius 3 is 2.82 bits per heavy atom. The van der Waals surface area contributed by atoms with E-state index in [1.807, 2.05) is 0 Å². The number of fused-ring (bicyclic) bond motifs is 1. The van der Waals surface area contributed by atoms with Crippen molar-refractivity contribution in [3.05, 3.63) is 34.7 Å². The number of carboxylic acid groups (broad SMARTS) is 1. The average Bonchev–Trinajstić information content (AvgIpc) is 3.37. The number of thioether (sulfide) groups is 1. The monoisotopic (exact) mass is 494 g/mol. The van der Waals surface area contributed by atoms with Crippen molar-refractivity contribution in [3.8, 4) is 5.75 Å². The second kappa shape index (κ2) is 8.74. The van der Waals surface area contributed by atoms with Gasteiger partial charge in [-0.2, -0.15) is 4.68 Å². The first kappa shape index (κ1) is 22.6. The first-order valence-electron chi connectivity index (χ1n) is 9.49. The SMILES string of the molecule is COc1cn(CC2=C(C(=O)O)N3C(=O)[C@@H](NC(=O)C(=NO)c4csc(N)n4)[C@H]3SC2)[n+](C)c1. The van der Waals surface area contributed by atoms with E-state index in [2.05, 4.69) is 15.5 Å². The van der Waals surface area contributed by atoms with E-state index in [9.17, 15) is 24.7 Å². The predicted molar refractivity (Wildman–Crippen MR) is 117 cm³/mol. The van der Waals surface area contributed by atoms with E-state index in [1.165, 1.54) is 29.2 Å². The number of nitrogen functional groups attached to an aromatic ring is 1. The van der Waals surface area contributed by atoms with Crippen LogP contribution in [0.5, 0.6) is 5.75 Å². The Morgan fingerprint density at radius 1 is 1.48 bits per heavy atom. The van der Waals surface area contributed by atoms with Gasteiger partial charge in [0.05, 0.1) is 7.11 Å². The molecule has 2 aromatic rings. The fraction of sp³-hybridized carbons (Fsp3) is 0.333. The van der Waals surface area contributed by atoms with Gasteiger partial charge in [-0.15, -0.1) is 27.8 Å². The number of aromatic nitrogens is 3. The number of rotatable bonds is 7. The number of carboxylic acids is 1. The minimum absolute atomic E-state index is 0.0702. The fourth-order valence-corrected chi connectivity index (χ4v) is 5.49. The quantitative estimate of drug-likeness (QED) is 0.123. The first-order valence-corrected chi connectivity index (χ1v) is 11.4. The van der Waals surface area contributed by atoms with Crippen LogP contribution in [0.15, 0.2) is 34.2 Å². The molecule has 0 bridgehead atoms. The van der Waals surface area contributed by atoms with Crippen LogP contribution in [-0.4, -0.2) is 72.7 Å². The van der Waals surface area contributed by atoms with Gasteiger partial charge >= 0.3 is 5.97 Å². The molecule has 174 valence electrons. The Bertz CT molecular complexity index is 1200. The molecule has 5 N–H and O–H groups in total. The number of nitrogens with zero attached hydrogens (tertiary/aromatic N) is 5. The van der Waals surface area contributed by atoms with E-state index in [4.69, 9.17) is 10.5 Å². The van der Waals surface area contributed by atoms with Gasteiger partial charge in [-0.1, -0.05) is 5.16 Å². The second-order valence-electron chi connectivity index (χ2n) is 7.17. The number of β-lactam (4-membered cyclic amide) rings is 1. The lowest BCUT2D eigenvalue weighted by molar-refractivity contribution is -0.752. The minimum atomic E-state index is -1.23. The minimum Gasteiger partial charge on any atom is -0.490 e. The number of ether oxygens (including phenoxy) is 1. The summed E-state index contributed by atoms with van der Waals surface area (Å²) in [6.45, 7) is 0.245. The number of carbonyl (C=O) groups is 3. The van der Waals surface area contributed by atoms with Gasteiger partial charge in [0.2, 0.25) is 11.9 Å². The summed E-state index contributed by atoms with van der Waals surface area (Å²) in [5, 5.41) is 25.6. The highest BCUT2D eigenvalue weighted by molar-refractivity contribution is 8.00. The van der Waals surface area contributed by atoms with E-state index < -0.39 is 34.9 Å². The van der Waals surface area contributed by atoms with E-state index in [-0.39, 0.29) is 23.1 Å². The van der Waals surface area contributed by atoms with Gasteiger partial charge < -0.3 is 26.1 Å². The van der Waals surface area contributed by atoms with E-state index in [0.29, 0.717) is 17.1 Å². The lowest BCUT2D eigenvalue weighted by atomic mass is 10.0. The standard InChI is InChI=1S/C18H19N7O6S2/c1-23-4-9(31-2)5-24(23)3-8-6-32-16-12(15(27)25(16)13(8)17(28)29)21-14(26)11(22-30)10-7-33-18(19)20-10/h4-5,7,12,16H,3,6H2,1-2H3,(H4-,19,20,21,26,28,29,30)/p+1/t12-,16-/m1/s1. The maximum Gasteiger partial charge on any atom is 0.352 e. The second-order valence-corrected chi connectivity index (χ2v) is 9.17. The normalized spacial score (nSPS) is 20.4. The Morgan fingerprint density at radius 2 is 2.24 bits per heavy atom. The number of nitrogens with two attached hydrogens (primary N) is 1. The number of amides is 2. The third kappa shape index (κ3) is 4.00. The summed E-state index contributed by atoms with van der Waals surface area (Å²) >= 11 is 2.40. The smallest absolute Gasteiger partial charge is 0.352 e.